The fourth-order valence-corrected chi connectivity index (χ4v) is 2.61. The Kier molecular flexibility index (Phi) is 4.50. The van der Waals surface area contributed by atoms with Crippen molar-refractivity contribution in [1.82, 2.24) is 15.1 Å². The Hall–Kier alpha value is -1.03. The molecule has 0 saturated carbocycles. The van der Waals surface area contributed by atoms with Gasteiger partial charge in [-0.2, -0.15) is 5.10 Å². The molecule has 0 amide bonds. The van der Waals surface area contributed by atoms with E-state index in [4.69, 9.17) is 23.2 Å². The smallest absolute Gasteiger partial charge is 0.0760 e. The van der Waals surface area contributed by atoms with Crippen molar-refractivity contribution in [3.05, 3.63) is 51.3 Å². The van der Waals surface area contributed by atoms with Crippen molar-refractivity contribution in [2.24, 2.45) is 7.05 Å². The molecule has 1 atom stereocenters. The average molecular weight is 298 g/mol. The third kappa shape index (κ3) is 2.78. The topological polar surface area (TPSA) is 29.9 Å². The number of hydrogen-bond donors (Lipinski definition) is 1. The van der Waals surface area contributed by atoms with Crippen LogP contribution in [0.25, 0.3) is 0 Å². The van der Waals surface area contributed by atoms with Gasteiger partial charge in [0.1, 0.15) is 0 Å². The van der Waals surface area contributed by atoms with Gasteiger partial charge in [-0.15, -0.1) is 0 Å². The Morgan fingerprint density at radius 1 is 1.37 bits per heavy atom. The molecule has 0 aliphatic heterocycles. The van der Waals surface area contributed by atoms with Crippen LogP contribution in [0.5, 0.6) is 0 Å². The first-order chi connectivity index (χ1) is 9.08. The third-order valence-corrected chi connectivity index (χ3v) is 4.04. The number of rotatable bonds is 4. The quantitative estimate of drug-likeness (QED) is 0.934. The summed E-state index contributed by atoms with van der Waals surface area (Å²) in [4.78, 5) is 0. The van der Waals surface area contributed by atoms with Crippen LogP contribution in [0.2, 0.25) is 10.0 Å². The molecule has 0 bridgehead atoms. The summed E-state index contributed by atoms with van der Waals surface area (Å²) in [5.41, 5.74) is 3.10. The molecule has 102 valence electrons. The summed E-state index contributed by atoms with van der Waals surface area (Å²) in [5.74, 6) is 0. The molecule has 3 nitrogen and oxygen atoms in total. The van der Waals surface area contributed by atoms with Gasteiger partial charge in [0.15, 0.2) is 0 Å². The highest BCUT2D eigenvalue weighted by atomic mass is 35.5. The van der Waals surface area contributed by atoms with E-state index in [-0.39, 0.29) is 6.04 Å². The van der Waals surface area contributed by atoms with Gasteiger partial charge in [-0.05, 0) is 31.2 Å². The van der Waals surface area contributed by atoms with Gasteiger partial charge in [0.2, 0.25) is 0 Å². The van der Waals surface area contributed by atoms with E-state index in [2.05, 4.69) is 23.4 Å². The summed E-state index contributed by atoms with van der Waals surface area (Å²) in [6.07, 6.45) is 0.910. The predicted octanol–water partition coefficient (Wildman–Crippen LogP) is 3.60. The Morgan fingerprint density at radius 2 is 2.11 bits per heavy atom. The molecule has 1 N–H and O–H groups in total. The molecule has 19 heavy (non-hydrogen) atoms. The highest BCUT2D eigenvalue weighted by molar-refractivity contribution is 6.42. The average Bonchev–Trinajstić information content (AvgIpc) is 2.77. The van der Waals surface area contributed by atoms with Gasteiger partial charge in [-0.3, -0.25) is 4.68 Å². The van der Waals surface area contributed by atoms with Crippen molar-refractivity contribution < 1.29 is 0 Å². The minimum atomic E-state index is -0.0241. The van der Waals surface area contributed by atoms with Crippen LogP contribution in [0.1, 0.15) is 29.9 Å². The van der Waals surface area contributed by atoms with Crippen LogP contribution < -0.4 is 5.32 Å². The summed E-state index contributed by atoms with van der Waals surface area (Å²) in [5, 5.41) is 8.91. The van der Waals surface area contributed by atoms with Crippen molar-refractivity contribution >= 4 is 23.2 Å². The molecule has 0 saturated heterocycles. The highest BCUT2D eigenvalue weighted by Gasteiger charge is 2.20. The lowest BCUT2D eigenvalue weighted by atomic mass is 10.0. The largest absolute Gasteiger partial charge is 0.308 e. The number of benzene rings is 1. The van der Waals surface area contributed by atoms with E-state index >= 15 is 0 Å². The van der Waals surface area contributed by atoms with Crippen LogP contribution in [0.3, 0.4) is 0 Å². The van der Waals surface area contributed by atoms with Crippen LogP contribution in [0.4, 0.5) is 0 Å². The molecule has 1 aromatic heterocycles. The zero-order valence-electron chi connectivity index (χ0n) is 11.2. The van der Waals surface area contributed by atoms with Crippen LogP contribution >= 0.6 is 23.2 Å². The fraction of sp³-hybridized carbons (Fsp3) is 0.357. The van der Waals surface area contributed by atoms with E-state index in [0.29, 0.717) is 10.0 Å². The van der Waals surface area contributed by atoms with E-state index in [0.717, 1.165) is 23.4 Å². The lowest BCUT2D eigenvalue weighted by Gasteiger charge is -2.18. The second-order valence-corrected chi connectivity index (χ2v) is 5.19. The van der Waals surface area contributed by atoms with Crippen molar-refractivity contribution in [3.63, 3.8) is 0 Å². The normalized spacial score (nSPS) is 12.7. The zero-order chi connectivity index (χ0) is 14.0. The molecular formula is C14H17Cl2N3. The van der Waals surface area contributed by atoms with E-state index in [1.54, 1.807) is 6.07 Å². The molecule has 0 radical (unpaired) electrons. The molecule has 0 spiro atoms. The molecule has 0 aliphatic carbocycles. The Morgan fingerprint density at radius 3 is 2.68 bits per heavy atom. The van der Waals surface area contributed by atoms with Gasteiger partial charge in [0.05, 0.1) is 27.5 Å². The second kappa shape index (κ2) is 5.95. The minimum absolute atomic E-state index is 0.0241. The van der Waals surface area contributed by atoms with Gasteiger partial charge < -0.3 is 5.32 Å². The van der Waals surface area contributed by atoms with Crippen LogP contribution in [0.15, 0.2) is 24.3 Å². The first kappa shape index (κ1) is 14.4. The van der Waals surface area contributed by atoms with Gasteiger partial charge in [-0.25, -0.2) is 0 Å². The summed E-state index contributed by atoms with van der Waals surface area (Å²) in [6, 6.07) is 7.75. The first-order valence-electron chi connectivity index (χ1n) is 6.22. The SMILES string of the molecule is CCc1cc(C(NC)c2cccc(Cl)c2Cl)n(C)n1. The van der Waals surface area contributed by atoms with Crippen LogP contribution in [0, 0.1) is 0 Å². The van der Waals surface area contributed by atoms with E-state index in [1.165, 1.54) is 0 Å². The number of aromatic nitrogens is 2. The third-order valence-electron chi connectivity index (χ3n) is 3.21. The number of nitrogens with one attached hydrogen (secondary N) is 1. The molecule has 1 unspecified atom stereocenters. The van der Waals surface area contributed by atoms with Crippen molar-refractivity contribution in [2.75, 3.05) is 7.05 Å². The maximum Gasteiger partial charge on any atom is 0.0760 e. The summed E-state index contributed by atoms with van der Waals surface area (Å²) < 4.78 is 1.89. The maximum atomic E-state index is 6.31. The molecular weight excluding hydrogens is 281 g/mol. The monoisotopic (exact) mass is 297 g/mol. The van der Waals surface area contributed by atoms with E-state index in [9.17, 15) is 0 Å². The van der Waals surface area contributed by atoms with Gasteiger partial charge >= 0.3 is 0 Å². The highest BCUT2D eigenvalue weighted by Crippen LogP contribution is 2.33. The lowest BCUT2D eigenvalue weighted by molar-refractivity contribution is 0.604. The lowest BCUT2D eigenvalue weighted by Crippen LogP contribution is -2.21. The molecule has 0 fully saturated rings. The maximum absolute atomic E-state index is 6.31. The molecule has 2 aromatic rings. The second-order valence-electron chi connectivity index (χ2n) is 4.40. The molecule has 5 heteroatoms. The van der Waals surface area contributed by atoms with Crippen LogP contribution in [-0.4, -0.2) is 16.8 Å². The Bertz CT molecular complexity index is 578. The van der Waals surface area contributed by atoms with Crippen molar-refractivity contribution in [1.29, 1.82) is 0 Å². The summed E-state index contributed by atoms with van der Waals surface area (Å²) in [7, 11) is 3.85. The number of nitrogens with zero attached hydrogens (tertiary/aromatic N) is 2. The number of hydrogen-bond acceptors (Lipinski definition) is 2. The molecule has 1 heterocycles. The Balaban J connectivity index is 2.49. The molecule has 1 aromatic carbocycles. The number of aryl methyl sites for hydroxylation is 2. The van der Waals surface area contributed by atoms with Crippen molar-refractivity contribution in [3.8, 4) is 0 Å². The summed E-state index contributed by atoms with van der Waals surface area (Å²) >= 11 is 12.4. The minimum Gasteiger partial charge on any atom is -0.308 e. The van der Waals surface area contributed by atoms with Crippen molar-refractivity contribution in [2.45, 2.75) is 19.4 Å². The molecule has 0 aliphatic rings. The van der Waals surface area contributed by atoms with E-state index < -0.39 is 0 Å². The standard InChI is InChI=1S/C14H17Cl2N3/c1-4-9-8-12(19(3)18-9)14(17-2)10-6-5-7-11(15)13(10)16/h5-8,14,17H,4H2,1-3H3. The van der Waals surface area contributed by atoms with Gasteiger partial charge in [0, 0.05) is 7.05 Å². The Labute approximate surface area is 123 Å². The summed E-state index contributed by atoms with van der Waals surface area (Å²) in [6.45, 7) is 2.09. The van der Waals surface area contributed by atoms with Gasteiger partial charge in [-0.1, -0.05) is 42.3 Å². The molecule has 2 rings (SSSR count). The fourth-order valence-electron chi connectivity index (χ4n) is 2.19. The first-order valence-corrected chi connectivity index (χ1v) is 6.98. The van der Waals surface area contributed by atoms with E-state index in [1.807, 2.05) is 30.9 Å². The number of halogens is 2. The van der Waals surface area contributed by atoms with Gasteiger partial charge in [0.25, 0.3) is 0 Å². The predicted molar refractivity (Wildman–Crippen MR) is 80.0 cm³/mol. The van der Waals surface area contributed by atoms with Crippen LogP contribution in [-0.2, 0) is 13.5 Å². The zero-order valence-corrected chi connectivity index (χ0v) is 12.8.